The van der Waals surface area contributed by atoms with E-state index in [1.165, 1.54) is 19.6 Å². The Morgan fingerprint density at radius 3 is 1.33 bits per heavy atom. The second kappa shape index (κ2) is 26.3. The smallest absolute Gasteiger partial charge is 0.267 e. The van der Waals surface area contributed by atoms with Crippen molar-refractivity contribution in [3.8, 4) is 0 Å². The minimum Gasteiger partial charge on any atom is -0.344 e. The van der Waals surface area contributed by atoms with Gasteiger partial charge >= 0.3 is 0 Å². The fourth-order valence-corrected chi connectivity index (χ4v) is 12.2. The quantitative estimate of drug-likeness (QED) is 0.0705. The number of fused-ring (bicyclic) bond motifs is 1. The van der Waals surface area contributed by atoms with Crippen molar-refractivity contribution in [2.45, 2.75) is 153 Å². The number of benzene rings is 4. The number of carbonyl (C=O) groups excluding carboxylic acids is 6. The predicted octanol–water partition coefficient (Wildman–Crippen LogP) is 9.08. The number of likely N-dealkylation sites (tertiary alicyclic amines) is 2. The maximum atomic E-state index is 15.7. The summed E-state index contributed by atoms with van der Waals surface area (Å²) in [4.78, 5) is 90.6. The third-order valence-electron chi connectivity index (χ3n) is 16.8. The Morgan fingerprint density at radius 1 is 0.557 bits per heavy atom. The largest absolute Gasteiger partial charge is 0.344 e. The molecule has 0 unspecified atom stereocenters. The molecule has 6 amide bonds. The average molecular weight is 1090 g/mol. The van der Waals surface area contributed by atoms with E-state index < -0.39 is 103 Å². The third-order valence-corrected chi connectivity index (χ3v) is 16.8. The van der Waals surface area contributed by atoms with Crippen LogP contribution in [0.2, 0.25) is 0 Å². The first-order chi connectivity index (χ1) is 37.8. The topological polar surface area (TPSA) is 151 Å². The summed E-state index contributed by atoms with van der Waals surface area (Å²) in [5.41, 5.74) is 2.39. The van der Waals surface area contributed by atoms with Crippen LogP contribution in [0, 0.1) is 17.8 Å². The monoisotopic (exact) mass is 1090 g/mol. The van der Waals surface area contributed by atoms with Gasteiger partial charge in [0, 0.05) is 56.1 Å². The Hall–Kier alpha value is -6.36. The lowest BCUT2D eigenvalue weighted by molar-refractivity contribution is -0.141. The van der Waals surface area contributed by atoms with E-state index in [4.69, 9.17) is 0 Å². The van der Waals surface area contributed by atoms with E-state index in [1.54, 1.807) is 64.2 Å². The highest BCUT2D eigenvalue weighted by atomic mass is 19.3. The highest BCUT2D eigenvalue weighted by Crippen LogP contribution is 2.38. The summed E-state index contributed by atoms with van der Waals surface area (Å²) in [6.45, 7) is 3.43. The van der Waals surface area contributed by atoms with Crippen LogP contribution in [0.3, 0.4) is 0 Å². The zero-order valence-corrected chi connectivity index (χ0v) is 46.2. The van der Waals surface area contributed by atoms with Gasteiger partial charge in [0.05, 0.1) is 31.2 Å². The molecule has 3 N–H and O–H groups in total. The summed E-state index contributed by atoms with van der Waals surface area (Å²) in [6, 6.07) is 24.4. The Morgan fingerprint density at radius 2 is 0.949 bits per heavy atom. The molecule has 2 aliphatic carbocycles. The van der Waals surface area contributed by atoms with Gasteiger partial charge in [-0.2, -0.15) is 0 Å². The van der Waals surface area contributed by atoms with Crippen LogP contribution < -0.4 is 16.0 Å². The molecule has 2 saturated carbocycles. The van der Waals surface area contributed by atoms with Gasteiger partial charge in [0.15, 0.2) is 0 Å². The van der Waals surface area contributed by atoms with Crippen molar-refractivity contribution in [2.24, 2.45) is 17.8 Å². The summed E-state index contributed by atoms with van der Waals surface area (Å²) < 4.78 is 62.6. The van der Waals surface area contributed by atoms with Crippen LogP contribution in [-0.2, 0) is 32.0 Å². The summed E-state index contributed by atoms with van der Waals surface area (Å²) >= 11 is 0. The fraction of sp³-hybridized carbons (Fsp3) is 0.548. The number of alkyl halides is 4. The van der Waals surface area contributed by atoms with Gasteiger partial charge in [0.1, 0.15) is 12.1 Å². The fourth-order valence-electron chi connectivity index (χ4n) is 12.2. The first-order valence-electron chi connectivity index (χ1n) is 28.6. The first kappa shape index (κ1) is 58.8. The van der Waals surface area contributed by atoms with Crippen LogP contribution in [0.1, 0.15) is 130 Å². The highest BCUT2D eigenvalue weighted by molar-refractivity contribution is 6.02. The standard InChI is InChI=1S/C62H79F4N7O6/c1-41(2)55(74)68-53(45-21-13-7-14-22-45)59(78)72-39-61(63,64)35-51(72)37-70(31-29-43-17-9-5-10-18-43)57(76)49-27-25-48-34-50(28-26-47(48)33-49)58(77)71(32-30-44-19-11-6-12-20-44)38-52-36-62(65,66)40-73(52)60(79)54(46-23-15-8-16-24-46)69-56(75)42(3)67-4/h5-6,9-12,17-20,25-28,33-34,41-42,45-46,51-54,67H,7-8,13-16,21-24,29-32,35-40H2,1-4H3,(H,68,74)(H,69,75)/t42-,51-,52-,53-,54-/m0/s1. The molecule has 8 rings (SSSR count). The summed E-state index contributed by atoms with van der Waals surface area (Å²) in [5.74, 6) is -9.99. The Balaban J connectivity index is 1.05. The first-order valence-corrected chi connectivity index (χ1v) is 28.6. The van der Waals surface area contributed by atoms with E-state index in [9.17, 15) is 28.8 Å². The molecule has 13 nitrogen and oxygen atoms in total. The van der Waals surface area contributed by atoms with Crippen molar-refractivity contribution in [3.63, 3.8) is 0 Å². The predicted molar refractivity (Wildman–Crippen MR) is 297 cm³/mol. The maximum Gasteiger partial charge on any atom is 0.267 e. The lowest BCUT2D eigenvalue weighted by atomic mass is 9.83. The zero-order chi connectivity index (χ0) is 56.4. The van der Waals surface area contributed by atoms with Gasteiger partial charge in [-0.1, -0.05) is 125 Å². The Kier molecular flexibility index (Phi) is 19.6. The molecule has 79 heavy (non-hydrogen) atoms. The molecule has 2 aliphatic heterocycles. The normalized spacial score (nSPS) is 20.6. The number of halogens is 4. The van der Waals surface area contributed by atoms with Crippen LogP contribution in [0.5, 0.6) is 0 Å². The van der Waals surface area contributed by atoms with Crippen LogP contribution >= 0.6 is 0 Å². The Labute approximate surface area is 462 Å². The molecule has 4 aliphatic rings. The van der Waals surface area contributed by atoms with Crippen molar-refractivity contribution in [1.82, 2.24) is 35.6 Å². The molecule has 426 valence electrons. The minimum absolute atomic E-state index is 0.156. The molecule has 0 radical (unpaired) electrons. The molecule has 4 fully saturated rings. The van der Waals surface area contributed by atoms with Gasteiger partial charge in [0.2, 0.25) is 23.6 Å². The molecule has 0 aromatic heterocycles. The van der Waals surface area contributed by atoms with Gasteiger partial charge in [0.25, 0.3) is 23.7 Å². The van der Waals surface area contributed by atoms with Gasteiger partial charge in [-0.15, -0.1) is 0 Å². The molecule has 4 aromatic carbocycles. The number of amides is 6. The van der Waals surface area contributed by atoms with E-state index in [0.717, 1.165) is 49.7 Å². The molecule has 2 saturated heterocycles. The third kappa shape index (κ3) is 15.1. The molecule has 0 bridgehead atoms. The molecular formula is C62H79F4N7O6. The number of nitrogens with zero attached hydrogens (tertiary/aromatic N) is 4. The number of nitrogens with one attached hydrogen (secondary N) is 3. The van der Waals surface area contributed by atoms with Crippen LogP contribution in [-0.4, -0.2) is 143 Å². The zero-order valence-electron chi connectivity index (χ0n) is 46.2. The van der Waals surface area contributed by atoms with Gasteiger partial charge < -0.3 is 35.6 Å². The van der Waals surface area contributed by atoms with E-state index in [1.807, 2.05) is 60.7 Å². The summed E-state index contributed by atoms with van der Waals surface area (Å²) in [5, 5.41) is 9.94. The molecule has 4 aromatic rings. The van der Waals surface area contributed by atoms with Gasteiger partial charge in [-0.05, 0) is 110 Å². The van der Waals surface area contributed by atoms with E-state index >= 15 is 17.6 Å². The van der Waals surface area contributed by atoms with Crippen molar-refractivity contribution < 1.29 is 46.3 Å². The highest BCUT2D eigenvalue weighted by Gasteiger charge is 2.52. The second-order valence-corrected chi connectivity index (χ2v) is 23.0. The minimum atomic E-state index is -3.23. The SMILES string of the molecule is CN[C@@H](C)C(=O)N[C@H](C(=O)N1CC(F)(F)C[C@H]1CN(CCc1ccccc1)C(=O)c1ccc2cc(C(=O)N(CCc3ccccc3)C[C@@H]3CC(F)(F)CN3C(=O)[C@@H](NC(=O)C(C)C)C3CCCCC3)ccc2c1)C1CCCCC1. The summed E-state index contributed by atoms with van der Waals surface area (Å²) in [7, 11) is 1.63. The van der Waals surface area contributed by atoms with Gasteiger partial charge in [-0.3, -0.25) is 28.8 Å². The molecule has 5 atom stereocenters. The van der Waals surface area contributed by atoms with Crippen LogP contribution in [0.25, 0.3) is 10.8 Å². The van der Waals surface area contributed by atoms with Crippen molar-refractivity contribution in [2.75, 3.05) is 46.3 Å². The lowest BCUT2D eigenvalue weighted by Gasteiger charge is -2.36. The molecule has 2 heterocycles. The van der Waals surface area contributed by atoms with Crippen molar-refractivity contribution in [1.29, 1.82) is 0 Å². The molecule has 17 heteroatoms. The number of carbonyl (C=O) groups is 6. The van der Waals surface area contributed by atoms with Crippen LogP contribution in [0.15, 0.2) is 97.1 Å². The number of hydrogen-bond donors (Lipinski definition) is 3. The molecule has 0 spiro atoms. The number of rotatable bonds is 21. The number of likely N-dealkylation sites (N-methyl/N-ethyl adjacent to an activating group) is 1. The maximum absolute atomic E-state index is 15.7. The Bertz CT molecular complexity index is 2750. The van der Waals surface area contributed by atoms with E-state index in [-0.39, 0.29) is 55.0 Å². The average Bonchev–Trinajstić information content (AvgIpc) is 3.98. The number of hydrogen-bond acceptors (Lipinski definition) is 7. The second-order valence-electron chi connectivity index (χ2n) is 23.0. The summed E-state index contributed by atoms with van der Waals surface area (Å²) in [6.07, 6.45) is 7.72. The van der Waals surface area contributed by atoms with Gasteiger partial charge in [-0.25, -0.2) is 17.6 Å². The van der Waals surface area contributed by atoms with Crippen molar-refractivity contribution >= 4 is 46.2 Å². The van der Waals surface area contributed by atoms with E-state index in [2.05, 4.69) is 16.0 Å². The van der Waals surface area contributed by atoms with Crippen molar-refractivity contribution in [3.05, 3.63) is 119 Å². The van der Waals surface area contributed by atoms with E-state index in [0.29, 0.717) is 49.3 Å². The molecular weight excluding hydrogens is 1010 g/mol. The van der Waals surface area contributed by atoms with Crippen LogP contribution in [0.4, 0.5) is 17.6 Å². The lowest BCUT2D eigenvalue weighted by Crippen LogP contribution is -2.57.